The molecule has 0 fully saturated rings. The van der Waals surface area contributed by atoms with E-state index in [-0.39, 0.29) is 17.8 Å². The van der Waals surface area contributed by atoms with E-state index >= 15 is 0 Å². The Bertz CT molecular complexity index is 850. The van der Waals surface area contributed by atoms with Crippen LogP contribution in [0.2, 0.25) is 0 Å². The molecule has 0 aromatic heterocycles. The summed E-state index contributed by atoms with van der Waals surface area (Å²) >= 11 is 0. The highest BCUT2D eigenvalue weighted by molar-refractivity contribution is 5.99. The number of non-ortho nitro benzene ring substituents is 1. The van der Waals surface area contributed by atoms with Crippen LogP contribution in [0.1, 0.15) is 21.5 Å². The molecule has 0 saturated heterocycles. The summed E-state index contributed by atoms with van der Waals surface area (Å²) in [5.41, 5.74) is 0.324. The molecule has 2 aromatic rings. The van der Waals surface area contributed by atoms with E-state index in [1.165, 1.54) is 0 Å². The van der Waals surface area contributed by atoms with Gasteiger partial charge in [0.05, 0.1) is 28.6 Å². The summed E-state index contributed by atoms with van der Waals surface area (Å²) in [6.07, 6.45) is 0. The van der Waals surface area contributed by atoms with Crippen LogP contribution >= 0.6 is 0 Å². The SMILES string of the molecule is COC(=O)c1cc([N+](=O)[O-])cc([N+](=O)[O-])c1NCc1cccc(C)c1. The number of benzene rings is 2. The molecule has 0 aliphatic heterocycles. The second-order valence-corrected chi connectivity index (χ2v) is 5.24. The van der Waals surface area contributed by atoms with Gasteiger partial charge in [0.15, 0.2) is 0 Å². The van der Waals surface area contributed by atoms with Crippen molar-refractivity contribution < 1.29 is 19.4 Å². The maximum absolute atomic E-state index is 11.9. The van der Waals surface area contributed by atoms with Gasteiger partial charge in [-0.05, 0) is 12.5 Å². The maximum atomic E-state index is 11.9. The van der Waals surface area contributed by atoms with Crippen molar-refractivity contribution in [3.8, 4) is 0 Å². The van der Waals surface area contributed by atoms with Crippen molar-refractivity contribution >= 4 is 23.0 Å². The van der Waals surface area contributed by atoms with Gasteiger partial charge in [0.2, 0.25) is 0 Å². The molecule has 0 spiro atoms. The van der Waals surface area contributed by atoms with Gasteiger partial charge in [-0.2, -0.15) is 0 Å². The molecule has 1 N–H and O–H groups in total. The van der Waals surface area contributed by atoms with E-state index in [9.17, 15) is 25.0 Å². The second kappa shape index (κ2) is 7.39. The number of nitrogens with one attached hydrogen (secondary N) is 1. The lowest BCUT2D eigenvalue weighted by Crippen LogP contribution is -2.11. The van der Waals surface area contributed by atoms with Crippen LogP contribution in [0.3, 0.4) is 0 Å². The third-order valence-corrected chi connectivity index (χ3v) is 3.47. The Morgan fingerprint density at radius 3 is 2.44 bits per heavy atom. The molecule has 0 heterocycles. The van der Waals surface area contributed by atoms with Crippen LogP contribution in [0.25, 0.3) is 0 Å². The van der Waals surface area contributed by atoms with Crippen LogP contribution in [0.15, 0.2) is 36.4 Å². The number of hydrogen-bond donors (Lipinski definition) is 1. The number of esters is 1. The molecule has 25 heavy (non-hydrogen) atoms. The molecular formula is C16H15N3O6. The Morgan fingerprint density at radius 1 is 1.16 bits per heavy atom. The van der Waals surface area contributed by atoms with E-state index in [2.05, 4.69) is 10.1 Å². The molecule has 0 amide bonds. The van der Waals surface area contributed by atoms with E-state index in [0.29, 0.717) is 0 Å². The average molecular weight is 345 g/mol. The predicted octanol–water partition coefficient (Wildman–Crippen LogP) is 3.21. The molecule has 130 valence electrons. The zero-order valence-corrected chi connectivity index (χ0v) is 13.5. The Labute approximate surface area is 142 Å². The third kappa shape index (κ3) is 4.08. The van der Waals surface area contributed by atoms with Gasteiger partial charge >= 0.3 is 5.97 Å². The molecule has 0 aliphatic carbocycles. The second-order valence-electron chi connectivity index (χ2n) is 5.24. The van der Waals surface area contributed by atoms with Crippen LogP contribution in [0.5, 0.6) is 0 Å². The Balaban J connectivity index is 2.50. The number of aryl methyl sites for hydroxylation is 1. The molecule has 9 nitrogen and oxygen atoms in total. The number of nitro groups is 2. The topological polar surface area (TPSA) is 125 Å². The summed E-state index contributed by atoms with van der Waals surface area (Å²) in [6, 6.07) is 9.19. The first-order valence-electron chi connectivity index (χ1n) is 7.18. The normalized spacial score (nSPS) is 10.2. The largest absolute Gasteiger partial charge is 0.465 e. The zero-order chi connectivity index (χ0) is 18.6. The summed E-state index contributed by atoms with van der Waals surface area (Å²) < 4.78 is 4.59. The number of nitrogens with zero attached hydrogens (tertiary/aromatic N) is 2. The van der Waals surface area contributed by atoms with Crippen LogP contribution in [-0.4, -0.2) is 22.9 Å². The quantitative estimate of drug-likeness (QED) is 0.484. The first-order valence-corrected chi connectivity index (χ1v) is 7.18. The van der Waals surface area contributed by atoms with Crippen molar-refractivity contribution in [2.75, 3.05) is 12.4 Å². The van der Waals surface area contributed by atoms with Gasteiger partial charge in [0.1, 0.15) is 5.69 Å². The van der Waals surface area contributed by atoms with Crippen LogP contribution in [0.4, 0.5) is 17.1 Å². The number of carbonyl (C=O) groups excluding carboxylic acids is 1. The fraction of sp³-hybridized carbons (Fsp3) is 0.188. The smallest absolute Gasteiger partial charge is 0.340 e. The van der Waals surface area contributed by atoms with Crippen LogP contribution in [0, 0.1) is 27.2 Å². The predicted molar refractivity (Wildman–Crippen MR) is 89.6 cm³/mol. The van der Waals surface area contributed by atoms with E-state index in [1.807, 2.05) is 31.2 Å². The van der Waals surface area contributed by atoms with Crippen molar-refractivity contribution in [1.82, 2.24) is 0 Å². The van der Waals surface area contributed by atoms with E-state index in [0.717, 1.165) is 30.4 Å². The molecule has 2 aromatic carbocycles. The van der Waals surface area contributed by atoms with Gasteiger partial charge in [0.25, 0.3) is 11.4 Å². The summed E-state index contributed by atoms with van der Waals surface area (Å²) in [7, 11) is 1.09. The minimum absolute atomic E-state index is 0.121. The lowest BCUT2D eigenvalue weighted by Gasteiger charge is -2.12. The lowest BCUT2D eigenvalue weighted by molar-refractivity contribution is -0.393. The number of anilines is 1. The van der Waals surface area contributed by atoms with Gasteiger partial charge in [-0.1, -0.05) is 29.8 Å². The highest BCUT2D eigenvalue weighted by atomic mass is 16.6. The molecule has 0 aliphatic rings. The molecule has 0 bridgehead atoms. The van der Waals surface area contributed by atoms with E-state index < -0.39 is 27.2 Å². The minimum Gasteiger partial charge on any atom is -0.465 e. The first kappa shape index (κ1) is 17.9. The molecular weight excluding hydrogens is 330 g/mol. The maximum Gasteiger partial charge on any atom is 0.340 e. The Kier molecular flexibility index (Phi) is 5.28. The fourth-order valence-corrected chi connectivity index (χ4v) is 2.33. The number of rotatable bonds is 6. The van der Waals surface area contributed by atoms with E-state index in [4.69, 9.17) is 0 Å². The van der Waals surface area contributed by atoms with Crippen molar-refractivity contribution in [2.24, 2.45) is 0 Å². The number of methoxy groups -OCH3 is 1. The Morgan fingerprint density at radius 2 is 1.88 bits per heavy atom. The highest BCUT2D eigenvalue weighted by Crippen LogP contribution is 2.34. The van der Waals surface area contributed by atoms with Crippen molar-refractivity contribution in [3.63, 3.8) is 0 Å². The fourth-order valence-electron chi connectivity index (χ4n) is 2.33. The van der Waals surface area contributed by atoms with Crippen molar-refractivity contribution in [3.05, 3.63) is 73.3 Å². The number of nitro benzene ring substituents is 2. The van der Waals surface area contributed by atoms with Gasteiger partial charge in [-0.15, -0.1) is 0 Å². The highest BCUT2D eigenvalue weighted by Gasteiger charge is 2.27. The van der Waals surface area contributed by atoms with E-state index in [1.54, 1.807) is 0 Å². The summed E-state index contributed by atoms with van der Waals surface area (Å²) in [5.74, 6) is -0.904. The number of ether oxygens (including phenoxy) is 1. The van der Waals surface area contributed by atoms with Gasteiger partial charge < -0.3 is 10.1 Å². The standard InChI is InChI=1S/C16H15N3O6/c1-10-4-3-5-11(6-10)9-17-15-13(16(20)25-2)7-12(18(21)22)8-14(15)19(23)24/h3-8,17H,9H2,1-2H3. The third-order valence-electron chi connectivity index (χ3n) is 3.47. The average Bonchev–Trinajstić information content (AvgIpc) is 2.58. The monoisotopic (exact) mass is 345 g/mol. The molecule has 9 heteroatoms. The zero-order valence-electron chi connectivity index (χ0n) is 13.5. The first-order chi connectivity index (χ1) is 11.8. The molecule has 0 unspecified atom stereocenters. The van der Waals surface area contributed by atoms with Gasteiger partial charge in [-0.25, -0.2) is 4.79 Å². The molecule has 0 radical (unpaired) electrons. The van der Waals surface area contributed by atoms with Gasteiger partial charge in [0, 0.05) is 12.6 Å². The molecule has 2 rings (SSSR count). The van der Waals surface area contributed by atoms with Crippen LogP contribution < -0.4 is 5.32 Å². The van der Waals surface area contributed by atoms with Crippen molar-refractivity contribution in [2.45, 2.75) is 13.5 Å². The summed E-state index contributed by atoms with van der Waals surface area (Å²) in [6.45, 7) is 2.10. The summed E-state index contributed by atoms with van der Waals surface area (Å²) in [4.78, 5) is 32.7. The summed E-state index contributed by atoms with van der Waals surface area (Å²) in [5, 5.41) is 25.1. The van der Waals surface area contributed by atoms with Gasteiger partial charge in [-0.3, -0.25) is 20.2 Å². The number of carbonyl (C=O) groups is 1. The lowest BCUT2D eigenvalue weighted by atomic mass is 10.1. The van der Waals surface area contributed by atoms with Crippen LogP contribution in [-0.2, 0) is 11.3 Å². The van der Waals surface area contributed by atoms with Crippen molar-refractivity contribution in [1.29, 1.82) is 0 Å². The molecule has 0 atom stereocenters. The number of hydrogen-bond acceptors (Lipinski definition) is 7. The minimum atomic E-state index is -0.904. The molecule has 0 saturated carbocycles. The Hall–Kier alpha value is -3.49.